The number of benzene rings is 1. The first-order valence-electron chi connectivity index (χ1n) is 6.40. The van der Waals surface area contributed by atoms with E-state index in [4.69, 9.17) is 16.3 Å². The number of anilines is 1. The smallest absolute Gasteiger partial charge is 0.145 e. The molecule has 0 radical (unpaired) electrons. The molecule has 0 atom stereocenters. The molecule has 0 amide bonds. The van der Waals surface area contributed by atoms with Crippen molar-refractivity contribution in [1.82, 2.24) is 4.98 Å². The average Bonchev–Trinajstić information content (AvgIpc) is 2.45. The molecule has 2 rings (SSSR count). The lowest BCUT2D eigenvalue weighted by molar-refractivity contribution is 0.133. The number of ether oxygens (including phenoxy) is 1. The summed E-state index contributed by atoms with van der Waals surface area (Å²) in [5.41, 5.74) is 2.36. The van der Waals surface area contributed by atoms with Crippen LogP contribution in [0.5, 0.6) is 0 Å². The van der Waals surface area contributed by atoms with Crippen molar-refractivity contribution in [1.29, 1.82) is 0 Å². The Bertz CT molecular complexity index is 578. The van der Waals surface area contributed by atoms with Crippen molar-refractivity contribution >= 4 is 33.3 Å². The summed E-state index contributed by atoms with van der Waals surface area (Å²) in [5.74, 6) is 0.682. The normalized spacial score (nSPS) is 10.6. The summed E-state index contributed by atoms with van der Waals surface area (Å²) in [6, 6.07) is 10.0. The number of nitrogens with one attached hydrogen (secondary N) is 1. The van der Waals surface area contributed by atoms with Crippen LogP contribution in [0.2, 0.25) is 5.02 Å². The van der Waals surface area contributed by atoms with Gasteiger partial charge < -0.3 is 10.1 Å². The van der Waals surface area contributed by atoms with Gasteiger partial charge >= 0.3 is 0 Å². The van der Waals surface area contributed by atoms with Crippen LogP contribution in [0.25, 0.3) is 0 Å². The number of hydrogen-bond acceptors (Lipinski definition) is 3. The third-order valence-corrected chi connectivity index (χ3v) is 3.56. The fourth-order valence-electron chi connectivity index (χ4n) is 1.81. The number of pyridine rings is 1. The topological polar surface area (TPSA) is 34.1 Å². The molecule has 0 saturated heterocycles. The zero-order valence-electron chi connectivity index (χ0n) is 11.2. The van der Waals surface area contributed by atoms with E-state index in [0.29, 0.717) is 30.6 Å². The molecule has 106 valence electrons. The molecule has 0 aliphatic carbocycles. The number of aromatic nitrogens is 1. The van der Waals surface area contributed by atoms with Crippen molar-refractivity contribution in [2.45, 2.75) is 20.1 Å². The van der Waals surface area contributed by atoms with Crippen LogP contribution < -0.4 is 5.32 Å². The number of halogens is 2. The van der Waals surface area contributed by atoms with Gasteiger partial charge in [-0.25, -0.2) is 4.98 Å². The fraction of sp³-hybridized carbons (Fsp3) is 0.267. The maximum atomic E-state index is 6.14. The van der Waals surface area contributed by atoms with Crippen LogP contribution in [0, 0.1) is 0 Å². The Morgan fingerprint density at radius 3 is 2.75 bits per heavy atom. The first-order chi connectivity index (χ1) is 9.70. The molecule has 0 unspecified atom stereocenters. The second kappa shape index (κ2) is 7.62. The molecule has 1 heterocycles. The fourth-order valence-corrected chi connectivity index (χ4v) is 2.50. The predicted octanol–water partition coefficient (Wildman–Crippen LogP) is 4.65. The SMILES string of the molecule is CCOCc1ccccc1CNc1ncc(Br)cc1Cl. The second-order valence-electron chi connectivity index (χ2n) is 4.24. The quantitative estimate of drug-likeness (QED) is 0.819. The summed E-state index contributed by atoms with van der Waals surface area (Å²) in [5, 5.41) is 3.85. The molecule has 0 bridgehead atoms. The molecule has 0 aliphatic rings. The van der Waals surface area contributed by atoms with Crippen LogP contribution in [0.4, 0.5) is 5.82 Å². The van der Waals surface area contributed by atoms with Gasteiger partial charge in [0.25, 0.3) is 0 Å². The van der Waals surface area contributed by atoms with Crippen LogP contribution in [0.15, 0.2) is 41.0 Å². The molecule has 0 saturated carbocycles. The molecule has 1 N–H and O–H groups in total. The van der Waals surface area contributed by atoms with Crippen LogP contribution in [-0.2, 0) is 17.9 Å². The Morgan fingerprint density at radius 1 is 1.30 bits per heavy atom. The van der Waals surface area contributed by atoms with Crippen LogP contribution >= 0.6 is 27.5 Å². The summed E-state index contributed by atoms with van der Waals surface area (Å²) < 4.78 is 6.34. The highest BCUT2D eigenvalue weighted by Gasteiger charge is 2.05. The molecule has 0 spiro atoms. The highest BCUT2D eigenvalue weighted by Crippen LogP contribution is 2.23. The number of rotatable bonds is 6. The summed E-state index contributed by atoms with van der Waals surface area (Å²) in [6.45, 7) is 3.99. The van der Waals surface area contributed by atoms with Crippen molar-refractivity contribution in [2.75, 3.05) is 11.9 Å². The lowest BCUT2D eigenvalue weighted by Crippen LogP contribution is -2.05. The zero-order chi connectivity index (χ0) is 14.4. The van der Waals surface area contributed by atoms with E-state index in [1.807, 2.05) is 25.1 Å². The largest absolute Gasteiger partial charge is 0.377 e. The monoisotopic (exact) mass is 354 g/mol. The Kier molecular flexibility index (Phi) is 5.83. The second-order valence-corrected chi connectivity index (χ2v) is 5.57. The van der Waals surface area contributed by atoms with Crippen molar-refractivity contribution in [3.63, 3.8) is 0 Å². The Balaban J connectivity index is 2.06. The first-order valence-corrected chi connectivity index (χ1v) is 7.57. The molecule has 20 heavy (non-hydrogen) atoms. The van der Waals surface area contributed by atoms with E-state index in [0.717, 1.165) is 4.47 Å². The minimum atomic E-state index is 0.599. The van der Waals surface area contributed by atoms with Crippen molar-refractivity contribution in [2.24, 2.45) is 0 Å². The Morgan fingerprint density at radius 2 is 2.05 bits per heavy atom. The van der Waals surface area contributed by atoms with E-state index in [-0.39, 0.29) is 0 Å². The molecule has 0 fully saturated rings. The van der Waals surface area contributed by atoms with Crippen LogP contribution in [-0.4, -0.2) is 11.6 Å². The minimum Gasteiger partial charge on any atom is -0.377 e. The molecule has 0 aliphatic heterocycles. The molecule has 2 aromatic rings. The van der Waals surface area contributed by atoms with Crippen molar-refractivity contribution in [3.8, 4) is 0 Å². The maximum Gasteiger partial charge on any atom is 0.145 e. The highest BCUT2D eigenvalue weighted by atomic mass is 79.9. The molecular weight excluding hydrogens is 340 g/mol. The Hall–Kier alpha value is -1.10. The van der Waals surface area contributed by atoms with Gasteiger partial charge in [0.15, 0.2) is 0 Å². The van der Waals surface area contributed by atoms with Crippen LogP contribution in [0.3, 0.4) is 0 Å². The van der Waals surface area contributed by atoms with Gasteiger partial charge in [0.2, 0.25) is 0 Å². The molecule has 1 aromatic carbocycles. The molecule has 3 nitrogen and oxygen atoms in total. The van der Waals surface area contributed by atoms with Gasteiger partial charge in [-0.15, -0.1) is 0 Å². The van der Waals surface area contributed by atoms with Crippen LogP contribution in [0.1, 0.15) is 18.1 Å². The predicted molar refractivity (Wildman–Crippen MR) is 86.0 cm³/mol. The van der Waals surface area contributed by atoms with E-state index in [2.05, 4.69) is 38.4 Å². The summed E-state index contributed by atoms with van der Waals surface area (Å²) >= 11 is 9.48. The van der Waals surface area contributed by atoms with Gasteiger partial charge in [0.1, 0.15) is 5.82 Å². The highest BCUT2D eigenvalue weighted by molar-refractivity contribution is 9.10. The van der Waals surface area contributed by atoms with Gasteiger partial charge in [0, 0.05) is 23.8 Å². The van der Waals surface area contributed by atoms with E-state index < -0.39 is 0 Å². The maximum absolute atomic E-state index is 6.14. The van der Waals surface area contributed by atoms with Gasteiger partial charge in [-0.2, -0.15) is 0 Å². The standard InChI is InChI=1S/C15H16BrClN2O/c1-2-20-10-12-6-4-3-5-11(12)8-18-15-14(17)7-13(16)9-19-15/h3-7,9H,2,8,10H2,1H3,(H,18,19). The number of hydrogen-bond donors (Lipinski definition) is 1. The Labute approximate surface area is 132 Å². The number of nitrogens with zero attached hydrogens (tertiary/aromatic N) is 1. The van der Waals surface area contributed by atoms with E-state index >= 15 is 0 Å². The van der Waals surface area contributed by atoms with E-state index in [9.17, 15) is 0 Å². The summed E-state index contributed by atoms with van der Waals surface area (Å²) in [6.07, 6.45) is 1.72. The minimum absolute atomic E-state index is 0.599. The molecule has 1 aromatic heterocycles. The lowest BCUT2D eigenvalue weighted by Gasteiger charge is -2.12. The average molecular weight is 356 g/mol. The van der Waals surface area contributed by atoms with Gasteiger partial charge in [-0.1, -0.05) is 35.9 Å². The lowest BCUT2D eigenvalue weighted by atomic mass is 10.1. The van der Waals surface area contributed by atoms with Crippen molar-refractivity contribution < 1.29 is 4.74 Å². The molecule has 5 heteroatoms. The van der Waals surface area contributed by atoms with E-state index in [1.165, 1.54) is 11.1 Å². The third-order valence-electron chi connectivity index (χ3n) is 2.83. The van der Waals surface area contributed by atoms with Gasteiger partial charge in [0.05, 0.1) is 11.6 Å². The summed E-state index contributed by atoms with van der Waals surface area (Å²) in [4.78, 5) is 4.26. The molecular formula is C15H16BrClN2O. The summed E-state index contributed by atoms with van der Waals surface area (Å²) in [7, 11) is 0. The van der Waals surface area contributed by atoms with Crippen molar-refractivity contribution in [3.05, 3.63) is 57.2 Å². The first kappa shape index (κ1) is 15.3. The zero-order valence-corrected chi connectivity index (χ0v) is 13.5. The van der Waals surface area contributed by atoms with E-state index in [1.54, 1.807) is 6.20 Å². The third kappa shape index (κ3) is 4.20. The van der Waals surface area contributed by atoms with Gasteiger partial charge in [-0.05, 0) is 40.0 Å². The van der Waals surface area contributed by atoms with Gasteiger partial charge in [-0.3, -0.25) is 0 Å².